The molecule has 0 unspecified atom stereocenters. The smallest absolute Gasteiger partial charge is 0.356 e. The molecule has 3 atom stereocenters. The van der Waals surface area contributed by atoms with Crippen molar-refractivity contribution in [1.29, 1.82) is 0 Å². The zero-order valence-corrected chi connectivity index (χ0v) is 13.7. The van der Waals surface area contributed by atoms with Gasteiger partial charge in [-0.1, -0.05) is 6.58 Å². The van der Waals surface area contributed by atoms with Gasteiger partial charge in [0.15, 0.2) is 0 Å². The van der Waals surface area contributed by atoms with Gasteiger partial charge in [0.1, 0.15) is 12.3 Å². The minimum Gasteiger partial charge on any atom is -0.456 e. The molecule has 22 heavy (non-hydrogen) atoms. The van der Waals surface area contributed by atoms with Crippen molar-refractivity contribution < 1.29 is 19.4 Å². The number of carbonyl (C=O) groups is 2. The molecule has 3 N–H and O–H groups in total. The number of ether oxygens (including phenoxy) is 1. The summed E-state index contributed by atoms with van der Waals surface area (Å²) in [5, 5.41) is 9.73. The topological polar surface area (TPSA) is 92.9 Å². The second-order valence-electron chi connectivity index (χ2n) is 5.69. The predicted octanol–water partition coefficient (Wildman–Crippen LogP) is 0.621. The van der Waals surface area contributed by atoms with Crippen LogP contribution < -0.4 is 5.73 Å². The first-order valence-electron chi connectivity index (χ1n) is 7.27. The molecule has 0 aromatic heterocycles. The molecule has 2 aliphatic heterocycles. The molecule has 0 radical (unpaired) electrons. The van der Waals surface area contributed by atoms with Gasteiger partial charge in [0, 0.05) is 23.6 Å². The Morgan fingerprint density at radius 2 is 2.32 bits per heavy atom. The molecule has 2 rings (SSSR count). The van der Waals surface area contributed by atoms with Gasteiger partial charge in [-0.05, 0) is 19.4 Å². The molecule has 0 bridgehead atoms. The molecule has 1 fully saturated rings. The Labute approximate surface area is 134 Å². The van der Waals surface area contributed by atoms with Crippen molar-refractivity contribution >= 4 is 23.6 Å². The highest BCUT2D eigenvalue weighted by molar-refractivity contribution is 8.03. The van der Waals surface area contributed by atoms with Gasteiger partial charge in [-0.3, -0.25) is 4.79 Å². The van der Waals surface area contributed by atoms with E-state index in [1.54, 1.807) is 13.8 Å². The van der Waals surface area contributed by atoms with Gasteiger partial charge in [-0.15, -0.1) is 11.8 Å². The van der Waals surface area contributed by atoms with Crippen LogP contribution in [0.5, 0.6) is 0 Å². The number of nitrogens with two attached hydrogens (primary N) is 1. The summed E-state index contributed by atoms with van der Waals surface area (Å²) in [6.07, 6.45) is -0.149. The highest BCUT2D eigenvalue weighted by Gasteiger charge is 2.56. The van der Waals surface area contributed by atoms with E-state index in [1.165, 1.54) is 16.7 Å². The number of aliphatic hydroxyl groups is 1. The van der Waals surface area contributed by atoms with Crippen LogP contribution >= 0.6 is 11.8 Å². The van der Waals surface area contributed by atoms with Crippen molar-refractivity contribution in [3.63, 3.8) is 0 Å². The molecule has 0 aromatic rings. The van der Waals surface area contributed by atoms with Crippen LogP contribution in [0.2, 0.25) is 0 Å². The quantitative estimate of drug-likeness (QED) is 0.405. The highest BCUT2D eigenvalue weighted by Crippen LogP contribution is 2.47. The fourth-order valence-corrected chi connectivity index (χ4v) is 3.76. The number of carbonyl (C=O) groups excluding carboxylic acids is 2. The maximum atomic E-state index is 12.3. The lowest BCUT2D eigenvalue weighted by molar-refractivity contribution is -0.162. The number of aliphatic hydroxyl groups excluding tert-OH is 1. The number of amides is 1. The average Bonchev–Trinajstić information content (AvgIpc) is 2.76. The van der Waals surface area contributed by atoms with Crippen molar-refractivity contribution in [3.8, 4) is 0 Å². The Bertz CT molecular complexity index is 530. The van der Waals surface area contributed by atoms with Crippen molar-refractivity contribution in [3.05, 3.63) is 22.8 Å². The molecule has 1 saturated heterocycles. The number of thioether (sulfide) groups is 1. The number of hydrogen-bond acceptors (Lipinski definition) is 6. The van der Waals surface area contributed by atoms with E-state index >= 15 is 0 Å². The molecule has 6 nitrogen and oxygen atoms in total. The van der Waals surface area contributed by atoms with Crippen molar-refractivity contribution in [2.45, 2.75) is 32.4 Å². The average molecular weight is 326 g/mol. The summed E-state index contributed by atoms with van der Waals surface area (Å²) < 4.78 is 5.20. The number of hydrogen-bond donors (Lipinski definition) is 2. The standard InChI is InChI=1S/C15H22N2O4S/c1-8(2)7-21-15(20)13-11(22-5-4-16)6-10-12(9(3)18)14(19)17(10)13/h9-10,12,18H,1,4-7,16H2,2-3H3/t9-,10-,12-/m1/s1. The van der Waals surface area contributed by atoms with Crippen LogP contribution in [-0.2, 0) is 14.3 Å². The lowest BCUT2D eigenvalue weighted by atomic mass is 9.83. The SMILES string of the molecule is C=C(C)COC(=O)C1=C(SCCN)C[C@@H]2[C@@H]([C@@H](C)O)C(=O)N12. The Morgan fingerprint density at radius 1 is 1.64 bits per heavy atom. The monoisotopic (exact) mass is 326 g/mol. The summed E-state index contributed by atoms with van der Waals surface area (Å²) >= 11 is 1.47. The van der Waals surface area contributed by atoms with E-state index in [-0.39, 0.29) is 18.6 Å². The summed E-state index contributed by atoms with van der Waals surface area (Å²) in [6.45, 7) is 7.67. The van der Waals surface area contributed by atoms with Crippen LogP contribution in [0.4, 0.5) is 0 Å². The summed E-state index contributed by atoms with van der Waals surface area (Å²) in [5.41, 5.74) is 6.57. The van der Waals surface area contributed by atoms with E-state index in [2.05, 4.69) is 6.58 Å². The van der Waals surface area contributed by atoms with E-state index in [0.717, 1.165) is 10.5 Å². The molecular formula is C15H22N2O4S. The van der Waals surface area contributed by atoms with Crippen LogP contribution in [0.1, 0.15) is 20.3 Å². The summed E-state index contributed by atoms with van der Waals surface area (Å²) in [6, 6.07) is -0.153. The van der Waals surface area contributed by atoms with Gasteiger partial charge < -0.3 is 20.5 Å². The number of nitrogens with zero attached hydrogens (tertiary/aromatic N) is 1. The predicted molar refractivity (Wildman–Crippen MR) is 84.7 cm³/mol. The molecule has 0 aliphatic carbocycles. The molecular weight excluding hydrogens is 304 g/mol. The van der Waals surface area contributed by atoms with Gasteiger partial charge in [0.05, 0.1) is 18.1 Å². The fourth-order valence-electron chi connectivity index (χ4n) is 2.79. The maximum Gasteiger partial charge on any atom is 0.356 e. The molecule has 122 valence electrons. The highest BCUT2D eigenvalue weighted by atomic mass is 32.2. The Balaban J connectivity index is 2.19. The first-order valence-corrected chi connectivity index (χ1v) is 8.25. The van der Waals surface area contributed by atoms with Crippen molar-refractivity contribution in [2.75, 3.05) is 18.9 Å². The molecule has 0 saturated carbocycles. The number of fused-ring (bicyclic) bond motifs is 1. The molecule has 7 heteroatoms. The third-order valence-corrected chi connectivity index (χ3v) is 4.87. The van der Waals surface area contributed by atoms with Crippen molar-refractivity contribution in [2.24, 2.45) is 11.7 Å². The molecule has 0 spiro atoms. The maximum absolute atomic E-state index is 12.3. The minimum atomic E-state index is -0.722. The van der Waals surface area contributed by atoms with Gasteiger partial charge in [0.25, 0.3) is 0 Å². The van der Waals surface area contributed by atoms with Crippen LogP contribution in [0.15, 0.2) is 22.8 Å². The number of β-lactam (4-membered cyclic amide) rings is 1. The van der Waals surface area contributed by atoms with Crippen LogP contribution in [0.25, 0.3) is 0 Å². The van der Waals surface area contributed by atoms with E-state index in [1.807, 2.05) is 0 Å². The zero-order valence-electron chi connectivity index (χ0n) is 12.9. The normalized spacial score (nSPS) is 24.9. The van der Waals surface area contributed by atoms with Gasteiger partial charge in [0.2, 0.25) is 5.91 Å². The minimum absolute atomic E-state index is 0.129. The molecule has 1 amide bonds. The van der Waals surface area contributed by atoms with Gasteiger partial charge in [-0.25, -0.2) is 4.79 Å². The lowest BCUT2D eigenvalue weighted by Crippen LogP contribution is -2.61. The largest absolute Gasteiger partial charge is 0.456 e. The number of esters is 1. The van der Waals surface area contributed by atoms with Gasteiger partial charge in [-0.2, -0.15) is 0 Å². The van der Waals surface area contributed by atoms with Crippen LogP contribution in [0.3, 0.4) is 0 Å². The third kappa shape index (κ3) is 3.06. The van der Waals surface area contributed by atoms with Crippen LogP contribution in [-0.4, -0.2) is 52.9 Å². The Kier molecular flexibility index (Phi) is 5.31. The summed E-state index contributed by atoms with van der Waals surface area (Å²) in [4.78, 5) is 26.8. The summed E-state index contributed by atoms with van der Waals surface area (Å²) in [7, 11) is 0. The van der Waals surface area contributed by atoms with E-state index in [4.69, 9.17) is 10.5 Å². The first-order chi connectivity index (χ1) is 10.4. The van der Waals surface area contributed by atoms with E-state index in [0.29, 0.717) is 24.4 Å². The zero-order chi connectivity index (χ0) is 16.4. The number of rotatable bonds is 7. The summed E-state index contributed by atoms with van der Waals surface area (Å²) in [5.74, 6) is -0.506. The molecule has 2 heterocycles. The van der Waals surface area contributed by atoms with E-state index < -0.39 is 18.0 Å². The second kappa shape index (κ2) is 6.85. The molecule has 0 aromatic carbocycles. The lowest BCUT2D eigenvalue weighted by Gasteiger charge is -2.44. The van der Waals surface area contributed by atoms with Crippen LogP contribution in [0, 0.1) is 5.92 Å². The third-order valence-electron chi connectivity index (χ3n) is 3.73. The Hall–Kier alpha value is -1.31. The molecule has 2 aliphatic rings. The Morgan fingerprint density at radius 3 is 2.86 bits per heavy atom. The van der Waals surface area contributed by atoms with E-state index in [9.17, 15) is 14.7 Å². The fraction of sp³-hybridized carbons (Fsp3) is 0.600. The van der Waals surface area contributed by atoms with Crippen molar-refractivity contribution in [1.82, 2.24) is 4.90 Å². The second-order valence-corrected chi connectivity index (χ2v) is 6.88. The first kappa shape index (κ1) is 17.1. The van der Waals surface area contributed by atoms with Gasteiger partial charge >= 0.3 is 5.97 Å².